The number of carbonyl (C=O) groups is 2. The van der Waals surface area contributed by atoms with Crippen molar-refractivity contribution in [1.82, 2.24) is 15.2 Å². The number of H-pyrrole nitrogens is 1. The van der Waals surface area contributed by atoms with Crippen molar-refractivity contribution < 1.29 is 14.3 Å². The Kier molecular flexibility index (Phi) is 2.72. The Morgan fingerprint density at radius 3 is 2.86 bits per heavy atom. The highest BCUT2D eigenvalue weighted by atomic mass is 32.1. The third kappa shape index (κ3) is 2.08. The molecule has 2 N–H and O–H groups in total. The number of amides is 2. The summed E-state index contributed by atoms with van der Waals surface area (Å²) in [5, 5.41) is 4.70. The Hall–Kier alpha value is -2.02. The summed E-state index contributed by atoms with van der Waals surface area (Å²) >= 11 is 1.62. The molecule has 1 spiro atoms. The van der Waals surface area contributed by atoms with Crippen molar-refractivity contribution in [3.8, 4) is 0 Å². The summed E-state index contributed by atoms with van der Waals surface area (Å²) in [6, 6.07) is 3.88. The number of alkyl carbamates (subject to hydrolysis) is 1. The van der Waals surface area contributed by atoms with Gasteiger partial charge in [-0.1, -0.05) is 0 Å². The van der Waals surface area contributed by atoms with E-state index in [-0.39, 0.29) is 12.0 Å². The number of hydrogen-bond donors (Lipinski definition) is 2. The summed E-state index contributed by atoms with van der Waals surface area (Å²) in [5.74, 6) is 0.0190. The third-order valence-corrected chi connectivity index (χ3v) is 5.16. The predicted molar refractivity (Wildman–Crippen MR) is 78.5 cm³/mol. The van der Waals surface area contributed by atoms with Crippen LogP contribution in [0.25, 0.3) is 10.2 Å². The molecule has 0 atom stereocenters. The topological polar surface area (TPSA) is 74.4 Å². The molecule has 2 fully saturated rings. The van der Waals surface area contributed by atoms with Crippen LogP contribution in [0.15, 0.2) is 17.5 Å². The van der Waals surface area contributed by atoms with Crippen molar-refractivity contribution in [3.63, 3.8) is 0 Å². The van der Waals surface area contributed by atoms with Gasteiger partial charge in [0.25, 0.3) is 5.91 Å². The molecule has 0 radical (unpaired) electrons. The van der Waals surface area contributed by atoms with Crippen LogP contribution < -0.4 is 5.32 Å². The lowest BCUT2D eigenvalue weighted by Gasteiger charge is -2.36. The van der Waals surface area contributed by atoms with Crippen molar-refractivity contribution in [1.29, 1.82) is 0 Å². The lowest BCUT2D eigenvalue weighted by atomic mass is 9.91. The smallest absolute Gasteiger partial charge is 0.407 e. The second-order valence-electron chi connectivity index (χ2n) is 5.60. The maximum Gasteiger partial charge on any atom is 0.407 e. The second-order valence-corrected chi connectivity index (χ2v) is 6.55. The molecule has 7 heteroatoms. The molecule has 2 aromatic rings. The third-order valence-electron chi connectivity index (χ3n) is 4.30. The lowest BCUT2D eigenvalue weighted by Crippen LogP contribution is -2.48. The van der Waals surface area contributed by atoms with Crippen molar-refractivity contribution in [2.75, 3.05) is 19.6 Å². The summed E-state index contributed by atoms with van der Waals surface area (Å²) in [4.78, 5) is 28.7. The number of fused-ring (bicyclic) bond motifs is 1. The van der Waals surface area contributed by atoms with E-state index in [0.717, 1.165) is 10.2 Å². The molecular weight excluding hydrogens is 290 g/mol. The van der Waals surface area contributed by atoms with Gasteiger partial charge in [-0.25, -0.2) is 4.79 Å². The number of aromatic amines is 1. The van der Waals surface area contributed by atoms with Crippen molar-refractivity contribution in [3.05, 3.63) is 23.2 Å². The Morgan fingerprint density at radius 2 is 2.19 bits per heavy atom. The summed E-state index contributed by atoms with van der Waals surface area (Å²) in [7, 11) is 0. The largest absolute Gasteiger partial charge is 0.441 e. The maximum absolute atomic E-state index is 12.5. The fraction of sp³-hybridized carbons (Fsp3) is 0.429. The van der Waals surface area contributed by atoms with E-state index >= 15 is 0 Å². The van der Waals surface area contributed by atoms with E-state index in [4.69, 9.17) is 4.74 Å². The highest BCUT2D eigenvalue weighted by Crippen LogP contribution is 2.30. The molecule has 2 aromatic heterocycles. The van der Waals surface area contributed by atoms with E-state index < -0.39 is 5.60 Å². The molecule has 0 aliphatic carbocycles. The molecule has 0 saturated carbocycles. The minimum absolute atomic E-state index is 0.0190. The SMILES string of the molecule is O=C1NCC2(CCN(C(=O)c3cc4sccc4[nH]3)CC2)O1. The molecule has 2 aliphatic heterocycles. The molecular formula is C14H15N3O3S. The van der Waals surface area contributed by atoms with Gasteiger partial charge in [-0.15, -0.1) is 11.3 Å². The monoisotopic (exact) mass is 305 g/mol. The van der Waals surface area contributed by atoms with Crippen LogP contribution in [0.4, 0.5) is 4.79 Å². The van der Waals surface area contributed by atoms with Gasteiger partial charge in [0.2, 0.25) is 0 Å². The Labute approximate surface area is 125 Å². The second kappa shape index (κ2) is 4.49. The zero-order chi connectivity index (χ0) is 14.4. The van der Waals surface area contributed by atoms with Gasteiger partial charge in [0, 0.05) is 25.9 Å². The van der Waals surface area contributed by atoms with E-state index in [0.29, 0.717) is 38.2 Å². The maximum atomic E-state index is 12.5. The molecule has 2 saturated heterocycles. The summed E-state index contributed by atoms with van der Waals surface area (Å²) in [5.41, 5.74) is 1.23. The van der Waals surface area contributed by atoms with Crippen LogP contribution in [0.2, 0.25) is 0 Å². The van der Waals surface area contributed by atoms with Gasteiger partial charge in [-0.3, -0.25) is 4.79 Å². The van der Waals surface area contributed by atoms with E-state index in [1.165, 1.54) is 0 Å². The highest BCUT2D eigenvalue weighted by molar-refractivity contribution is 7.17. The number of thiophene rings is 1. The molecule has 4 rings (SSSR count). The van der Waals surface area contributed by atoms with Crippen LogP contribution in [0.1, 0.15) is 23.3 Å². The Morgan fingerprint density at radius 1 is 1.38 bits per heavy atom. The number of piperidine rings is 1. The molecule has 2 amide bonds. The summed E-state index contributed by atoms with van der Waals surface area (Å²) in [6.07, 6.45) is 1.03. The fourth-order valence-electron chi connectivity index (χ4n) is 3.03. The molecule has 0 bridgehead atoms. The summed E-state index contributed by atoms with van der Waals surface area (Å²) < 4.78 is 6.46. The minimum atomic E-state index is -0.413. The van der Waals surface area contributed by atoms with E-state index in [1.54, 1.807) is 11.3 Å². The first-order valence-corrected chi connectivity index (χ1v) is 7.86. The zero-order valence-electron chi connectivity index (χ0n) is 11.3. The first kappa shape index (κ1) is 12.7. The predicted octanol–water partition coefficient (Wildman–Crippen LogP) is 1.94. The van der Waals surface area contributed by atoms with Gasteiger partial charge in [0.1, 0.15) is 11.3 Å². The normalized spacial score (nSPS) is 20.8. The van der Waals surface area contributed by atoms with Crippen molar-refractivity contribution in [2.24, 2.45) is 0 Å². The van der Waals surface area contributed by atoms with Gasteiger partial charge in [0.15, 0.2) is 0 Å². The first-order chi connectivity index (χ1) is 10.2. The van der Waals surface area contributed by atoms with Gasteiger partial charge in [-0.05, 0) is 17.5 Å². The zero-order valence-corrected chi connectivity index (χ0v) is 12.2. The number of nitrogens with one attached hydrogen (secondary N) is 2. The average molecular weight is 305 g/mol. The average Bonchev–Trinajstić information content (AvgIpc) is 3.14. The van der Waals surface area contributed by atoms with Gasteiger partial charge < -0.3 is 19.9 Å². The van der Waals surface area contributed by atoms with Crippen LogP contribution >= 0.6 is 11.3 Å². The quantitative estimate of drug-likeness (QED) is 0.845. The van der Waals surface area contributed by atoms with Crippen LogP contribution in [0, 0.1) is 0 Å². The van der Waals surface area contributed by atoms with Crippen LogP contribution in [0.5, 0.6) is 0 Å². The number of hydrogen-bond acceptors (Lipinski definition) is 4. The first-order valence-electron chi connectivity index (χ1n) is 6.98. The van der Waals surface area contributed by atoms with Crippen LogP contribution in [-0.2, 0) is 4.74 Å². The van der Waals surface area contributed by atoms with Gasteiger partial charge >= 0.3 is 6.09 Å². The molecule has 2 aliphatic rings. The summed E-state index contributed by atoms with van der Waals surface area (Å²) in [6.45, 7) is 1.77. The molecule has 6 nitrogen and oxygen atoms in total. The molecule has 110 valence electrons. The highest BCUT2D eigenvalue weighted by Gasteiger charge is 2.43. The van der Waals surface area contributed by atoms with Crippen molar-refractivity contribution in [2.45, 2.75) is 18.4 Å². The van der Waals surface area contributed by atoms with E-state index in [9.17, 15) is 9.59 Å². The Balaban J connectivity index is 1.47. The van der Waals surface area contributed by atoms with Crippen LogP contribution in [-0.4, -0.2) is 47.1 Å². The Bertz CT molecular complexity index is 683. The number of likely N-dealkylation sites (tertiary alicyclic amines) is 1. The number of carbonyl (C=O) groups excluding carboxylic acids is 2. The van der Waals surface area contributed by atoms with E-state index in [2.05, 4.69) is 10.3 Å². The van der Waals surface area contributed by atoms with E-state index in [1.807, 2.05) is 22.4 Å². The number of aromatic nitrogens is 1. The lowest BCUT2D eigenvalue weighted by molar-refractivity contribution is 0.00317. The van der Waals surface area contributed by atoms with Gasteiger partial charge in [-0.2, -0.15) is 0 Å². The molecule has 4 heterocycles. The molecule has 0 aromatic carbocycles. The standard InChI is InChI=1S/C14H15N3O3S/c18-12(10-7-11-9(16-10)1-6-21-11)17-4-2-14(3-5-17)8-15-13(19)20-14/h1,6-7,16H,2-5,8H2,(H,15,19). The molecule has 0 unspecified atom stereocenters. The fourth-order valence-corrected chi connectivity index (χ4v) is 3.81. The molecule has 21 heavy (non-hydrogen) atoms. The number of nitrogens with zero attached hydrogens (tertiary/aromatic N) is 1. The number of ether oxygens (including phenoxy) is 1. The van der Waals surface area contributed by atoms with Crippen molar-refractivity contribution >= 4 is 33.6 Å². The number of rotatable bonds is 1. The van der Waals surface area contributed by atoms with Gasteiger partial charge in [0.05, 0.1) is 16.8 Å². The minimum Gasteiger partial charge on any atom is -0.441 e. The van der Waals surface area contributed by atoms with Crippen LogP contribution in [0.3, 0.4) is 0 Å².